The maximum absolute atomic E-state index is 13.9. The molecule has 4 atom stereocenters. The molecule has 1 aliphatic rings. The Kier molecular flexibility index (Phi) is 15.0. The van der Waals surface area contributed by atoms with Crippen LogP contribution >= 0.6 is 0 Å². The summed E-state index contributed by atoms with van der Waals surface area (Å²) in [6.07, 6.45) is 10.8. The van der Waals surface area contributed by atoms with Gasteiger partial charge in [-0.25, -0.2) is 4.98 Å². The van der Waals surface area contributed by atoms with Crippen LogP contribution in [-0.2, 0) is 35.2 Å². The number of rotatable bonds is 11. The number of carbonyl (C=O) groups excluding carboxylic acids is 7. The lowest BCUT2D eigenvalue weighted by Crippen LogP contribution is -2.57. The molecule has 3 heterocycles. The summed E-state index contributed by atoms with van der Waals surface area (Å²) in [6.45, 7) is -0.0137. The molecule has 0 spiro atoms. The standard InChI is InChI=1S/C36H41N9O8/c37-32(48)25-15-17-41-33(49)26(12-5-16-40-34(50)29-22-38-18-19-39-29)44-36(52)28(21-24-10-6-20-53-24)45-35(51)27(43-31(47)14-13-30(46)42-25)11-4-9-23-7-2-1-3-8-23/h1-4,6-10,13-14,18-20,22,25-28H,5,11-12,15-17,21H2,(H2,37,48)(H,40,50)(H,41,49)(H,42,46)(H,43,47)(H,44,52)(H,45,51)/b9-4+,14-13-/t25-,26-,27-,28-/m0/s1. The van der Waals surface area contributed by atoms with Crippen molar-refractivity contribution < 1.29 is 38.0 Å². The second-order valence-corrected chi connectivity index (χ2v) is 11.9. The van der Waals surface area contributed by atoms with Gasteiger partial charge in [0.05, 0.1) is 12.5 Å². The highest BCUT2D eigenvalue weighted by molar-refractivity contribution is 6.00. The van der Waals surface area contributed by atoms with E-state index in [2.05, 4.69) is 41.9 Å². The minimum absolute atomic E-state index is 0.00331. The molecule has 2 aromatic heterocycles. The number of carbonyl (C=O) groups is 7. The lowest BCUT2D eigenvalue weighted by atomic mass is 10.1. The Hall–Kier alpha value is -6.65. The van der Waals surface area contributed by atoms with E-state index in [1.165, 1.54) is 24.9 Å². The van der Waals surface area contributed by atoms with Crippen LogP contribution in [0.2, 0.25) is 0 Å². The predicted octanol–water partition coefficient (Wildman–Crippen LogP) is -0.574. The van der Waals surface area contributed by atoms with Gasteiger partial charge in [0.2, 0.25) is 35.4 Å². The fourth-order valence-electron chi connectivity index (χ4n) is 5.14. The van der Waals surface area contributed by atoms with Gasteiger partial charge < -0.3 is 42.1 Å². The van der Waals surface area contributed by atoms with E-state index in [0.29, 0.717) is 5.76 Å². The van der Waals surface area contributed by atoms with E-state index in [0.717, 1.165) is 17.7 Å². The molecule has 0 aliphatic carbocycles. The molecule has 0 saturated heterocycles. The number of furan rings is 1. The number of benzene rings is 1. The third kappa shape index (κ3) is 13.2. The molecule has 0 unspecified atom stereocenters. The van der Waals surface area contributed by atoms with Crippen molar-refractivity contribution in [1.29, 1.82) is 0 Å². The Balaban J connectivity index is 1.58. The van der Waals surface area contributed by atoms with Gasteiger partial charge in [-0.05, 0) is 43.4 Å². The molecule has 4 rings (SSSR count). The highest BCUT2D eigenvalue weighted by Crippen LogP contribution is 2.09. The summed E-state index contributed by atoms with van der Waals surface area (Å²) in [5, 5.41) is 15.6. The number of amides is 7. The van der Waals surface area contributed by atoms with Gasteiger partial charge in [0.25, 0.3) is 5.91 Å². The number of aromatic nitrogens is 2. The van der Waals surface area contributed by atoms with Gasteiger partial charge in [0.15, 0.2) is 0 Å². The molecule has 3 aromatic rings. The molecule has 0 fully saturated rings. The van der Waals surface area contributed by atoms with Gasteiger partial charge in [-0.15, -0.1) is 0 Å². The molecular formula is C36H41N9O8. The number of hydrogen-bond donors (Lipinski definition) is 7. The summed E-state index contributed by atoms with van der Waals surface area (Å²) in [4.78, 5) is 98.9. The van der Waals surface area contributed by atoms with E-state index in [4.69, 9.17) is 10.2 Å². The average Bonchev–Trinajstić information content (AvgIpc) is 3.67. The Bertz CT molecular complexity index is 1780. The van der Waals surface area contributed by atoms with E-state index < -0.39 is 65.5 Å². The van der Waals surface area contributed by atoms with Crippen LogP contribution in [0, 0.1) is 0 Å². The van der Waals surface area contributed by atoms with E-state index in [1.54, 1.807) is 24.3 Å². The highest BCUT2D eigenvalue weighted by Gasteiger charge is 2.30. The van der Waals surface area contributed by atoms with Crippen molar-refractivity contribution in [2.24, 2.45) is 5.73 Å². The predicted molar refractivity (Wildman–Crippen MR) is 190 cm³/mol. The maximum Gasteiger partial charge on any atom is 0.271 e. The number of nitrogens with zero attached hydrogens (tertiary/aromatic N) is 2. The fourth-order valence-corrected chi connectivity index (χ4v) is 5.14. The van der Waals surface area contributed by atoms with Crippen molar-refractivity contribution in [3.05, 3.63) is 103 Å². The first-order valence-corrected chi connectivity index (χ1v) is 16.8. The van der Waals surface area contributed by atoms with Gasteiger partial charge in [-0.2, -0.15) is 0 Å². The second kappa shape index (κ2) is 20.3. The normalized spacial score (nSPS) is 21.2. The van der Waals surface area contributed by atoms with Crippen LogP contribution in [0.5, 0.6) is 0 Å². The van der Waals surface area contributed by atoms with Crippen LogP contribution < -0.4 is 37.6 Å². The van der Waals surface area contributed by atoms with Crippen LogP contribution in [0.3, 0.4) is 0 Å². The van der Waals surface area contributed by atoms with Gasteiger partial charge in [0, 0.05) is 44.1 Å². The summed E-state index contributed by atoms with van der Waals surface area (Å²) >= 11 is 0. The van der Waals surface area contributed by atoms with E-state index in [-0.39, 0.29) is 50.9 Å². The quantitative estimate of drug-likeness (QED) is 0.124. The monoisotopic (exact) mass is 727 g/mol. The lowest BCUT2D eigenvalue weighted by Gasteiger charge is -2.25. The van der Waals surface area contributed by atoms with Gasteiger partial charge in [0.1, 0.15) is 35.6 Å². The van der Waals surface area contributed by atoms with Crippen molar-refractivity contribution in [1.82, 2.24) is 41.9 Å². The summed E-state index contributed by atoms with van der Waals surface area (Å²) in [7, 11) is 0. The summed E-state index contributed by atoms with van der Waals surface area (Å²) in [5.41, 5.74) is 6.41. The molecule has 17 heteroatoms. The molecule has 7 amide bonds. The van der Waals surface area contributed by atoms with Crippen LogP contribution in [0.15, 0.2) is 90.0 Å². The first-order chi connectivity index (χ1) is 25.6. The molecule has 0 saturated carbocycles. The number of nitrogens with one attached hydrogen (secondary N) is 6. The van der Waals surface area contributed by atoms with Crippen LogP contribution in [-0.4, -0.2) is 88.6 Å². The fraction of sp³-hybridized carbons (Fsp3) is 0.306. The zero-order valence-corrected chi connectivity index (χ0v) is 28.7. The molecule has 17 nitrogen and oxygen atoms in total. The van der Waals surface area contributed by atoms with Crippen molar-refractivity contribution in [2.75, 3.05) is 13.1 Å². The van der Waals surface area contributed by atoms with Crippen LogP contribution in [0.4, 0.5) is 0 Å². The SMILES string of the molecule is NC(=O)[C@@H]1CCNC(=O)[C@H](CCCNC(=O)c2cnccn2)NC(=O)[C@H](Cc2ccco2)NC(=O)[C@H](C/C=C/c2ccccc2)NC(=O)/C=C\C(=O)N1. The summed E-state index contributed by atoms with van der Waals surface area (Å²) in [5.74, 6) is -4.71. The largest absolute Gasteiger partial charge is 0.469 e. The van der Waals surface area contributed by atoms with Gasteiger partial charge in [-0.1, -0.05) is 42.5 Å². The molecular weight excluding hydrogens is 686 g/mol. The molecule has 8 N–H and O–H groups in total. The summed E-state index contributed by atoms with van der Waals surface area (Å²) < 4.78 is 5.44. The van der Waals surface area contributed by atoms with Crippen LogP contribution in [0.1, 0.15) is 47.5 Å². The van der Waals surface area contributed by atoms with Gasteiger partial charge in [-0.3, -0.25) is 38.5 Å². The number of nitrogens with two attached hydrogens (primary N) is 1. The molecule has 53 heavy (non-hydrogen) atoms. The molecule has 278 valence electrons. The average molecular weight is 728 g/mol. The Labute approximate surface area is 304 Å². The van der Waals surface area contributed by atoms with E-state index in [1.807, 2.05) is 30.3 Å². The first kappa shape index (κ1) is 39.1. The molecule has 0 bridgehead atoms. The van der Waals surface area contributed by atoms with Crippen molar-refractivity contribution >= 4 is 47.4 Å². The van der Waals surface area contributed by atoms with E-state index in [9.17, 15) is 33.6 Å². The topological polar surface area (TPSA) is 257 Å². The van der Waals surface area contributed by atoms with Crippen molar-refractivity contribution in [3.63, 3.8) is 0 Å². The number of primary amides is 1. The highest BCUT2D eigenvalue weighted by atomic mass is 16.3. The van der Waals surface area contributed by atoms with E-state index >= 15 is 0 Å². The summed E-state index contributed by atoms with van der Waals surface area (Å²) in [6, 6.07) is 7.59. The number of hydrogen-bond acceptors (Lipinski definition) is 10. The first-order valence-electron chi connectivity index (χ1n) is 16.8. The maximum atomic E-state index is 13.9. The van der Waals surface area contributed by atoms with Crippen molar-refractivity contribution in [2.45, 2.75) is 56.3 Å². The zero-order chi connectivity index (χ0) is 38.0. The Morgan fingerprint density at radius 2 is 1.60 bits per heavy atom. The second-order valence-electron chi connectivity index (χ2n) is 11.9. The Morgan fingerprint density at radius 1 is 0.868 bits per heavy atom. The van der Waals surface area contributed by atoms with Crippen LogP contribution in [0.25, 0.3) is 6.08 Å². The molecule has 1 aromatic carbocycles. The third-order valence-corrected chi connectivity index (χ3v) is 7.90. The molecule has 0 radical (unpaired) electrons. The molecule has 1 aliphatic heterocycles. The minimum atomic E-state index is -1.27. The smallest absolute Gasteiger partial charge is 0.271 e. The van der Waals surface area contributed by atoms with Crippen molar-refractivity contribution in [3.8, 4) is 0 Å². The Morgan fingerprint density at radius 3 is 2.30 bits per heavy atom. The zero-order valence-electron chi connectivity index (χ0n) is 28.7. The lowest BCUT2D eigenvalue weighted by molar-refractivity contribution is -0.133. The third-order valence-electron chi connectivity index (χ3n) is 7.90. The van der Waals surface area contributed by atoms with Gasteiger partial charge >= 0.3 is 0 Å². The minimum Gasteiger partial charge on any atom is -0.469 e.